The summed E-state index contributed by atoms with van der Waals surface area (Å²) in [4.78, 5) is 20.7. The molecule has 1 unspecified atom stereocenters. The monoisotopic (exact) mass is 170 g/mol. The number of esters is 1. The molecule has 0 bridgehead atoms. The van der Waals surface area contributed by atoms with Gasteiger partial charge in [-0.3, -0.25) is 9.59 Å². The van der Waals surface area contributed by atoms with E-state index in [4.69, 9.17) is 5.11 Å². The number of aliphatic carboxylic acids is 1. The van der Waals surface area contributed by atoms with E-state index in [2.05, 4.69) is 4.74 Å². The van der Waals surface area contributed by atoms with Crippen molar-refractivity contribution in [2.24, 2.45) is 5.92 Å². The standard InChI is InChI=1S/C6H10O4.Na.H/c1-3-10-6(9)4(2)5(7)8;;/h4H,3H2,1-2H3,(H,7,8);;/q;+1;-1. The molecule has 0 aromatic carbocycles. The zero-order valence-corrected chi connectivity index (χ0v) is 8.96. The van der Waals surface area contributed by atoms with Crippen LogP contribution in [0.3, 0.4) is 0 Å². The molecule has 0 aliphatic heterocycles. The SMILES string of the molecule is CCOC(=O)C(C)C(=O)O.[H-].[Na+]. The van der Waals surface area contributed by atoms with Crippen molar-refractivity contribution in [1.29, 1.82) is 0 Å². The minimum atomic E-state index is -1.15. The van der Waals surface area contributed by atoms with Crippen LogP contribution in [0.15, 0.2) is 0 Å². The molecule has 11 heavy (non-hydrogen) atoms. The molecule has 1 atom stereocenters. The number of carbonyl (C=O) groups is 2. The first kappa shape index (κ1) is 13.5. The molecule has 0 heterocycles. The molecule has 0 fully saturated rings. The quantitative estimate of drug-likeness (QED) is 0.286. The molecule has 0 spiro atoms. The Bertz CT molecular complexity index is 150. The van der Waals surface area contributed by atoms with Gasteiger partial charge in [-0.25, -0.2) is 0 Å². The van der Waals surface area contributed by atoms with Crippen molar-refractivity contribution >= 4 is 11.9 Å². The van der Waals surface area contributed by atoms with Crippen LogP contribution in [0.25, 0.3) is 0 Å². The van der Waals surface area contributed by atoms with Crippen LogP contribution < -0.4 is 29.6 Å². The average Bonchev–Trinajstić information content (AvgIpc) is 1.87. The summed E-state index contributed by atoms with van der Waals surface area (Å²) in [5.74, 6) is -2.89. The van der Waals surface area contributed by atoms with Crippen molar-refractivity contribution in [3.63, 3.8) is 0 Å². The first-order chi connectivity index (χ1) is 4.59. The molecular formula is C6H11NaO4. The third-order valence-corrected chi connectivity index (χ3v) is 1.01. The van der Waals surface area contributed by atoms with Crippen molar-refractivity contribution < 1.29 is 50.4 Å². The fraction of sp³-hybridized carbons (Fsp3) is 0.667. The summed E-state index contributed by atoms with van der Waals surface area (Å²) in [7, 11) is 0. The van der Waals surface area contributed by atoms with Gasteiger partial charge < -0.3 is 11.3 Å². The molecule has 0 aromatic rings. The Morgan fingerprint density at radius 3 is 2.36 bits per heavy atom. The van der Waals surface area contributed by atoms with Gasteiger partial charge in [-0.05, 0) is 13.8 Å². The molecule has 0 saturated heterocycles. The first-order valence-corrected chi connectivity index (χ1v) is 2.99. The smallest absolute Gasteiger partial charge is 1.00 e. The predicted molar refractivity (Wildman–Crippen MR) is 34.5 cm³/mol. The number of hydrogen-bond donors (Lipinski definition) is 1. The zero-order chi connectivity index (χ0) is 8.15. The van der Waals surface area contributed by atoms with Crippen molar-refractivity contribution in [3.8, 4) is 0 Å². The number of carboxylic acid groups (broad SMARTS) is 1. The van der Waals surface area contributed by atoms with Crippen molar-refractivity contribution in [3.05, 3.63) is 0 Å². The molecule has 0 aromatic heterocycles. The number of ether oxygens (including phenoxy) is 1. The Morgan fingerprint density at radius 2 is 2.09 bits per heavy atom. The normalized spacial score (nSPS) is 11.1. The van der Waals surface area contributed by atoms with Gasteiger partial charge >= 0.3 is 41.5 Å². The third-order valence-electron chi connectivity index (χ3n) is 1.01. The van der Waals surface area contributed by atoms with Crippen LogP contribution in [0.4, 0.5) is 0 Å². The molecule has 5 heteroatoms. The van der Waals surface area contributed by atoms with Crippen molar-refractivity contribution in [2.75, 3.05) is 6.61 Å². The summed E-state index contributed by atoms with van der Waals surface area (Å²) in [5, 5.41) is 8.28. The average molecular weight is 170 g/mol. The van der Waals surface area contributed by atoms with E-state index in [0.29, 0.717) is 0 Å². The van der Waals surface area contributed by atoms with E-state index in [0.717, 1.165) is 0 Å². The molecule has 0 radical (unpaired) electrons. The Morgan fingerprint density at radius 1 is 1.64 bits per heavy atom. The maximum absolute atomic E-state index is 10.6. The van der Waals surface area contributed by atoms with Gasteiger partial charge in [0, 0.05) is 0 Å². The van der Waals surface area contributed by atoms with Gasteiger partial charge in [-0.2, -0.15) is 0 Å². The predicted octanol–water partition coefficient (Wildman–Crippen LogP) is -2.61. The summed E-state index contributed by atoms with van der Waals surface area (Å²) in [6.07, 6.45) is 0. The minimum Gasteiger partial charge on any atom is -1.00 e. The summed E-state index contributed by atoms with van der Waals surface area (Å²) >= 11 is 0. The fourth-order valence-corrected chi connectivity index (χ4v) is 0.368. The summed E-state index contributed by atoms with van der Waals surface area (Å²) in [5.41, 5.74) is 0. The second kappa shape index (κ2) is 6.64. The van der Waals surface area contributed by atoms with Gasteiger partial charge in [0.15, 0.2) is 5.92 Å². The number of rotatable bonds is 3. The Hall–Kier alpha value is -0.0600. The third kappa shape index (κ3) is 5.24. The second-order valence-electron chi connectivity index (χ2n) is 1.81. The largest absolute Gasteiger partial charge is 1.00 e. The van der Waals surface area contributed by atoms with Crippen molar-refractivity contribution in [2.45, 2.75) is 13.8 Å². The van der Waals surface area contributed by atoms with Crippen LogP contribution >= 0.6 is 0 Å². The van der Waals surface area contributed by atoms with Gasteiger partial charge in [0.2, 0.25) is 0 Å². The van der Waals surface area contributed by atoms with Crippen LogP contribution in [0.5, 0.6) is 0 Å². The van der Waals surface area contributed by atoms with Crippen LogP contribution in [-0.2, 0) is 14.3 Å². The van der Waals surface area contributed by atoms with Gasteiger partial charge in [0.05, 0.1) is 6.61 Å². The van der Waals surface area contributed by atoms with E-state index in [1.165, 1.54) is 6.92 Å². The maximum Gasteiger partial charge on any atom is 1.00 e. The van der Waals surface area contributed by atoms with Crippen LogP contribution in [0.2, 0.25) is 0 Å². The van der Waals surface area contributed by atoms with Crippen LogP contribution in [-0.4, -0.2) is 23.7 Å². The van der Waals surface area contributed by atoms with Gasteiger partial charge in [0.1, 0.15) is 0 Å². The topological polar surface area (TPSA) is 63.6 Å². The fourth-order valence-electron chi connectivity index (χ4n) is 0.368. The van der Waals surface area contributed by atoms with E-state index in [-0.39, 0.29) is 37.6 Å². The molecule has 1 N–H and O–H groups in total. The second-order valence-corrected chi connectivity index (χ2v) is 1.81. The molecule has 4 nitrogen and oxygen atoms in total. The van der Waals surface area contributed by atoms with E-state index in [1.807, 2.05) is 0 Å². The Labute approximate surface area is 88.7 Å². The number of carboxylic acids is 1. The first-order valence-electron chi connectivity index (χ1n) is 2.99. The van der Waals surface area contributed by atoms with Crippen molar-refractivity contribution in [1.82, 2.24) is 0 Å². The van der Waals surface area contributed by atoms with E-state index in [9.17, 15) is 9.59 Å². The molecule has 0 saturated carbocycles. The van der Waals surface area contributed by atoms with E-state index < -0.39 is 17.9 Å². The minimum absolute atomic E-state index is 0. The molecule has 0 aliphatic rings. The van der Waals surface area contributed by atoms with Crippen LogP contribution in [0, 0.1) is 5.92 Å². The van der Waals surface area contributed by atoms with Crippen LogP contribution in [0.1, 0.15) is 15.3 Å². The Balaban J connectivity index is -0.000000405. The van der Waals surface area contributed by atoms with Gasteiger partial charge in [0.25, 0.3) is 0 Å². The summed E-state index contributed by atoms with van der Waals surface area (Å²) < 4.78 is 4.45. The molecule has 0 rings (SSSR count). The summed E-state index contributed by atoms with van der Waals surface area (Å²) in [6.45, 7) is 3.14. The molecule has 0 amide bonds. The van der Waals surface area contributed by atoms with E-state index in [1.54, 1.807) is 6.92 Å². The molecular weight excluding hydrogens is 159 g/mol. The van der Waals surface area contributed by atoms with E-state index >= 15 is 0 Å². The number of carbonyl (C=O) groups excluding carboxylic acids is 1. The molecule has 60 valence electrons. The van der Waals surface area contributed by atoms with Gasteiger partial charge in [-0.15, -0.1) is 0 Å². The Kier molecular flexibility index (Phi) is 8.16. The molecule has 0 aliphatic carbocycles. The van der Waals surface area contributed by atoms with Gasteiger partial charge in [-0.1, -0.05) is 0 Å². The maximum atomic E-state index is 10.6. The zero-order valence-electron chi connectivity index (χ0n) is 7.96. The summed E-state index contributed by atoms with van der Waals surface area (Å²) in [6, 6.07) is 0. The number of hydrogen-bond acceptors (Lipinski definition) is 3.